The largest absolute Gasteiger partial charge is 0.496 e. The van der Waals surface area contributed by atoms with Crippen molar-refractivity contribution in [1.29, 1.82) is 0 Å². The Bertz CT molecular complexity index is 733. The molecule has 1 unspecified atom stereocenters. The number of hydrogen-bond donors (Lipinski definition) is 0. The van der Waals surface area contributed by atoms with E-state index in [1.165, 1.54) is 29.5 Å². The predicted octanol–water partition coefficient (Wildman–Crippen LogP) is 3.88. The number of aryl methyl sites for hydroxylation is 1. The normalized spacial score (nSPS) is 27.1. The standard InChI is InChI=1S/C21H27NO3/c1-14-3-5-16-17(20(14)23-2)8-10-22-18-7-9-21(24-11-12-25-21)13-15(18)4-6-19(16)22/h3,5,19H,4,6-13H2,1-2H3. The van der Waals surface area contributed by atoms with Gasteiger partial charge in [0.05, 0.1) is 26.4 Å². The number of methoxy groups -OCH3 is 1. The fourth-order valence-corrected chi connectivity index (χ4v) is 5.44. The van der Waals surface area contributed by atoms with E-state index >= 15 is 0 Å². The molecular weight excluding hydrogens is 314 g/mol. The van der Waals surface area contributed by atoms with Gasteiger partial charge in [0, 0.05) is 30.6 Å². The van der Waals surface area contributed by atoms with Gasteiger partial charge in [-0.3, -0.25) is 0 Å². The number of hydrogen-bond acceptors (Lipinski definition) is 4. The second-order valence-electron chi connectivity index (χ2n) is 7.82. The lowest BCUT2D eigenvalue weighted by atomic mass is 9.78. The van der Waals surface area contributed by atoms with Crippen LogP contribution in [0, 0.1) is 6.92 Å². The minimum atomic E-state index is -0.306. The van der Waals surface area contributed by atoms with Crippen molar-refractivity contribution in [1.82, 2.24) is 4.90 Å². The molecule has 1 aliphatic carbocycles. The molecular formula is C21H27NO3. The third-order valence-electron chi connectivity index (χ3n) is 6.55. The van der Waals surface area contributed by atoms with E-state index in [-0.39, 0.29) is 5.79 Å². The number of fused-ring (bicyclic) bond motifs is 4. The van der Waals surface area contributed by atoms with Crippen molar-refractivity contribution >= 4 is 0 Å². The average Bonchev–Trinajstić information content (AvgIpc) is 3.08. The lowest BCUT2D eigenvalue weighted by Crippen LogP contribution is -2.43. The Balaban J connectivity index is 1.49. The topological polar surface area (TPSA) is 30.9 Å². The highest BCUT2D eigenvalue weighted by atomic mass is 16.7. The van der Waals surface area contributed by atoms with Gasteiger partial charge in [0.15, 0.2) is 5.79 Å². The van der Waals surface area contributed by atoms with Crippen molar-refractivity contribution in [3.8, 4) is 5.75 Å². The maximum atomic E-state index is 5.97. The van der Waals surface area contributed by atoms with Crippen LogP contribution in [0.4, 0.5) is 0 Å². The first-order chi connectivity index (χ1) is 12.2. The summed E-state index contributed by atoms with van der Waals surface area (Å²) in [6.07, 6.45) is 6.49. The van der Waals surface area contributed by atoms with Crippen LogP contribution in [0.5, 0.6) is 5.75 Å². The molecule has 0 amide bonds. The highest BCUT2D eigenvalue weighted by Crippen LogP contribution is 2.50. The predicted molar refractivity (Wildman–Crippen MR) is 95.6 cm³/mol. The van der Waals surface area contributed by atoms with E-state index in [4.69, 9.17) is 14.2 Å². The van der Waals surface area contributed by atoms with Crippen LogP contribution in [-0.4, -0.2) is 37.6 Å². The number of ether oxygens (including phenoxy) is 3. The van der Waals surface area contributed by atoms with E-state index in [0.29, 0.717) is 6.04 Å². The molecule has 3 heterocycles. The SMILES string of the molecule is COc1c(C)ccc2c1CCN1C3=C(CCC21)CC1(CC3)OCCO1. The fraction of sp³-hybridized carbons (Fsp3) is 0.619. The first kappa shape index (κ1) is 15.7. The zero-order valence-electron chi connectivity index (χ0n) is 15.3. The van der Waals surface area contributed by atoms with Crippen molar-refractivity contribution in [2.75, 3.05) is 26.9 Å². The van der Waals surface area contributed by atoms with Crippen LogP contribution in [0.2, 0.25) is 0 Å². The molecule has 1 aromatic rings. The van der Waals surface area contributed by atoms with Crippen LogP contribution >= 0.6 is 0 Å². The summed E-state index contributed by atoms with van der Waals surface area (Å²) in [5, 5.41) is 0. The third-order valence-corrected chi connectivity index (χ3v) is 6.55. The quantitative estimate of drug-likeness (QED) is 0.776. The van der Waals surface area contributed by atoms with E-state index in [1.54, 1.807) is 18.4 Å². The Kier molecular flexibility index (Phi) is 3.61. The smallest absolute Gasteiger partial charge is 0.172 e. The molecule has 3 aliphatic heterocycles. The van der Waals surface area contributed by atoms with Gasteiger partial charge in [-0.2, -0.15) is 0 Å². The first-order valence-corrected chi connectivity index (χ1v) is 9.62. The molecule has 1 fully saturated rings. The van der Waals surface area contributed by atoms with Crippen molar-refractivity contribution in [3.63, 3.8) is 0 Å². The summed E-state index contributed by atoms with van der Waals surface area (Å²) in [4.78, 5) is 2.68. The van der Waals surface area contributed by atoms with Crippen LogP contribution in [0.1, 0.15) is 54.8 Å². The van der Waals surface area contributed by atoms with Gasteiger partial charge < -0.3 is 19.1 Å². The number of allylic oxidation sites excluding steroid dienone is 1. The van der Waals surface area contributed by atoms with Crippen molar-refractivity contribution < 1.29 is 14.2 Å². The Labute approximate surface area is 149 Å². The molecule has 0 radical (unpaired) electrons. The van der Waals surface area contributed by atoms with Crippen LogP contribution in [-0.2, 0) is 15.9 Å². The highest BCUT2D eigenvalue weighted by molar-refractivity contribution is 5.49. The molecule has 134 valence electrons. The second kappa shape index (κ2) is 5.75. The lowest BCUT2D eigenvalue weighted by molar-refractivity contribution is -0.166. The van der Waals surface area contributed by atoms with Gasteiger partial charge in [0.1, 0.15) is 5.75 Å². The second-order valence-corrected chi connectivity index (χ2v) is 7.82. The molecule has 1 spiro atoms. The van der Waals surface area contributed by atoms with Crippen molar-refractivity contribution in [2.24, 2.45) is 0 Å². The van der Waals surface area contributed by atoms with E-state index in [2.05, 4.69) is 24.0 Å². The highest BCUT2D eigenvalue weighted by Gasteiger charge is 2.44. The van der Waals surface area contributed by atoms with Gasteiger partial charge in [0.2, 0.25) is 0 Å². The molecule has 0 bridgehead atoms. The monoisotopic (exact) mass is 341 g/mol. The Morgan fingerprint density at radius 1 is 1.16 bits per heavy atom. The van der Waals surface area contributed by atoms with Gasteiger partial charge >= 0.3 is 0 Å². The van der Waals surface area contributed by atoms with Gasteiger partial charge in [-0.05, 0) is 49.3 Å². The van der Waals surface area contributed by atoms with Gasteiger partial charge in [0.25, 0.3) is 0 Å². The molecule has 0 aromatic heterocycles. The molecule has 5 rings (SSSR count). The molecule has 4 aliphatic rings. The summed E-state index contributed by atoms with van der Waals surface area (Å²) < 4.78 is 17.7. The number of nitrogens with zero attached hydrogens (tertiary/aromatic N) is 1. The van der Waals surface area contributed by atoms with Crippen LogP contribution < -0.4 is 4.74 Å². The zero-order chi connectivity index (χ0) is 17.0. The minimum absolute atomic E-state index is 0.306. The van der Waals surface area contributed by atoms with E-state index in [9.17, 15) is 0 Å². The van der Waals surface area contributed by atoms with Crippen molar-refractivity contribution in [3.05, 3.63) is 40.1 Å². The third kappa shape index (κ3) is 2.34. The van der Waals surface area contributed by atoms with Gasteiger partial charge in [-0.1, -0.05) is 12.1 Å². The minimum Gasteiger partial charge on any atom is -0.496 e. The van der Waals surface area contributed by atoms with E-state index in [0.717, 1.165) is 51.2 Å². The first-order valence-electron chi connectivity index (χ1n) is 9.62. The molecule has 4 heteroatoms. The summed E-state index contributed by atoms with van der Waals surface area (Å²) in [5.41, 5.74) is 7.31. The molecule has 0 saturated carbocycles. The summed E-state index contributed by atoms with van der Waals surface area (Å²) >= 11 is 0. The summed E-state index contributed by atoms with van der Waals surface area (Å²) in [6.45, 7) is 4.75. The number of benzene rings is 1. The maximum Gasteiger partial charge on any atom is 0.172 e. The van der Waals surface area contributed by atoms with E-state index in [1.807, 2.05) is 0 Å². The molecule has 4 nitrogen and oxygen atoms in total. The van der Waals surface area contributed by atoms with Gasteiger partial charge in [-0.25, -0.2) is 0 Å². The van der Waals surface area contributed by atoms with Crippen LogP contribution in [0.3, 0.4) is 0 Å². The zero-order valence-corrected chi connectivity index (χ0v) is 15.3. The average molecular weight is 341 g/mol. The fourth-order valence-electron chi connectivity index (χ4n) is 5.44. The van der Waals surface area contributed by atoms with Crippen LogP contribution in [0.15, 0.2) is 23.4 Å². The summed E-state index contributed by atoms with van der Waals surface area (Å²) in [7, 11) is 1.80. The van der Waals surface area contributed by atoms with Crippen LogP contribution in [0.25, 0.3) is 0 Å². The maximum absolute atomic E-state index is 5.97. The summed E-state index contributed by atoms with van der Waals surface area (Å²) in [5.74, 6) is 0.798. The lowest BCUT2D eigenvalue weighted by Gasteiger charge is -2.48. The van der Waals surface area contributed by atoms with E-state index < -0.39 is 0 Å². The Morgan fingerprint density at radius 2 is 2.00 bits per heavy atom. The molecule has 1 atom stereocenters. The Hall–Kier alpha value is -1.52. The molecule has 25 heavy (non-hydrogen) atoms. The molecule has 1 saturated heterocycles. The summed E-state index contributed by atoms with van der Waals surface area (Å²) in [6, 6.07) is 5.07. The molecule has 1 aromatic carbocycles. The number of rotatable bonds is 1. The van der Waals surface area contributed by atoms with Crippen molar-refractivity contribution in [2.45, 2.75) is 57.3 Å². The van der Waals surface area contributed by atoms with Gasteiger partial charge in [-0.15, -0.1) is 0 Å². The Morgan fingerprint density at radius 3 is 2.80 bits per heavy atom. The molecule has 0 N–H and O–H groups in total.